The second-order valence-corrected chi connectivity index (χ2v) is 6.72. The van der Waals surface area contributed by atoms with E-state index in [0.29, 0.717) is 5.69 Å². The summed E-state index contributed by atoms with van der Waals surface area (Å²) in [5.41, 5.74) is 2.39. The predicted molar refractivity (Wildman–Crippen MR) is 80.5 cm³/mol. The van der Waals surface area contributed by atoms with E-state index in [9.17, 15) is 8.42 Å². The van der Waals surface area contributed by atoms with E-state index in [-0.39, 0.29) is 10.6 Å². The molecule has 6 heteroatoms. The van der Waals surface area contributed by atoms with Crippen molar-refractivity contribution in [3.63, 3.8) is 0 Å². The number of aryl methyl sites for hydroxylation is 2. The SMILES string of the molecule is Cc1cc(C)cc(N(C)S(=O)(=O)c2cccnc2C#N)c1. The number of benzene rings is 1. The Bertz CT molecular complexity index is 803. The second-order valence-electron chi connectivity index (χ2n) is 4.78. The Kier molecular flexibility index (Phi) is 3.96. The first kappa shape index (κ1) is 15.0. The highest BCUT2D eigenvalue weighted by Gasteiger charge is 2.25. The van der Waals surface area contributed by atoms with E-state index in [4.69, 9.17) is 5.26 Å². The fourth-order valence-electron chi connectivity index (χ4n) is 2.10. The summed E-state index contributed by atoms with van der Waals surface area (Å²) in [6, 6.07) is 10.2. The third kappa shape index (κ3) is 2.88. The Hall–Kier alpha value is -2.39. The standard InChI is InChI=1S/C15H15N3O2S/c1-11-7-12(2)9-13(8-11)18(3)21(19,20)15-5-4-6-17-14(15)10-16/h4-9H,1-3H3. The van der Waals surface area contributed by atoms with Gasteiger partial charge in [0.2, 0.25) is 0 Å². The zero-order valence-electron chi connectivity index (χ0n) is 12.0. The first-order chi connectivity index (χ1) is 9.86. The molecule has 0 saturated carbocycles. The first-order valence-electron chi connectivity index (χ1n) is 6.28. The molecule has 0 saturated heterocycles. The maximum absolute atomic E-state index is 12.7. The lowest BCUT2D eigenvalue weighted by Gasteiger charge is -2.20. The molecule has 0 fully saturated rings. The van der Waals surface area contributed by atoms with Gasteiger partial charge in [-0.05, 0) is 49.2 Å². The monoisotopic (exact) mass is 301 g/mol. The average Bonchev–Trinajstić information content (AvgIpc) is 2.45. The van der Waals surface area contributed by atoms with Gasteiger partial charge in [-0.2, -0.15) is 5.26 Å². The highest BCUT2D eigenvalue weighted by atomic mass is 32.2. The fraction of sp³-hybridized carbons (Fsp3) is 0.200. The minimum Gasteiger partial charge on any atom is -0.269 e. The van der Waals surface area contributed by atoms with Crippen LogP contribution in [0.5, 0.6) is 0 Å². The molecule has 0 bridgehead atoms. The smallest absolute Gasteiger partial charge is 0.266 e. The van der Waals surface area contributed by atoms with Gasteiger partial charge in [0.15, 0.2) is 5.69 Å². The van der Waals surface area contributed by atoms with E-state index in [1.54, 1.807) is 12.1 Å². The van der Waals surface area contributed by atoms with Gasteiger partial charge in [0.05, 0.1) is 5.69 Å². The van der Waals surface area contributed by atoms with Crippen LogP contribution in [0, 0.1) is 25.2 Å². The van der Waals surface area contributed by atoms with E-state index >= 15 is 0 Å². The summed E-state index contributed by atoms with van der Waals surface area (Å²) in [6.07, 6.45) is 1.40. The maximum Gasteiger partial charge on any atom is 0.266 e. The second kappa shape index (κ2) is 5.54. The van der Waals surface area contributed by atoms with Gasteiger partial charge in [-0.3, -0.25) is 4.31 Å². The highest BCUT2D eigenvalue weighted by molar-refractivity contribution is 7.92. The van der Waals surface area contributed by atoms with E-state index < -0.39 is 10.0 Å². The van der Waals surface area contributed by atoms with Gasteiger partial charge < -0.3 is 0 Å². The van der Waals surface area contributed by atoms with Gasteiger partial charge in [-0.25, -0.2) is 13.4 Å². The van der Waals surface area contributed by atoms with Crippen molar-refractivity contribution in [3.8, 4) is 6.07 Å². The molecule has 0 spiro atoms. The molecule has 0 aliphatic heterocycles. The van der Waals surface area contributed by atoms with Gasteiger partial charge in [0, 0.05) is 13.2 Å². The zero-order chi connectivity index (χ0) is 15.6. The van der Waals surface area contributed by atoms with Crippen LogP contribution in [-0.2, 0) is 10.0 Å². The van der Waals surface area contributed by atoms with Gasteiger partial charge in [-0.15, -0.1) is 0 Å². The number of pyridine rings is 1. The third-order valence-corrected chi connectivity index (χ3v) is 4.90. The predicted octanol–water partition coefficient (Wildman–Crippen LogP) is 2.40. The van der Waals surface area contributed by atoms with Crippen LogP contribution in [0.15, 0.2) is 41.4 Å². The van der Waals surface area contributed by atoms with Gasteiger partial charge >= 0.3 is 0 Å². The third-order valence-electron chi connectivity index (χ3n) is 3.09. The van der Waals surface area contributed by atoms with Crippen LogP contribution in [0.4, 0.5) is 5.69 Å². The molecule has 1 heterocycles. The van der Waals surface area contributed by atoms with E-state index in [1.165, 1.54) is 29.7 Å². The van der Waals surface area contributed by atoms with Gasteiger partial charge in [0.1, 0.15) is 11.0 Å². The van der Waals surface area contributed by atoms with Crippen LogP contribution in [0.2, 0.25) is 0 Å². The molecule has 0 amide bonds. The fourth-order valence-corrected chi connectivity index (χ4v) is 3.37. The molecule has 0 unspecified atom stereocenters. The summed E-state index contributed by atoms with van der Waals surface area (Å²) in [7, 11) is -2.35. The molecule has 108 valence electrons. The molecule has 1 aromatic heterocycles. The lowest BCUT2D eigenvalue weighted by Crippen LogP contribution is -2.27. The molecule has 0 aliphatic carbocycles. The molecule has 0 atom stereocenters. The van der Waals surface area contributed by atoms with Gasteiger partial charge in [-0.1, -0.05) is 6.07 Å². The molecule has 5 nitrogen and oxygen atoms in total. The summed E-state index contributed by atoms with van der Waals surface area (Å²) in [6.45, 7) is 3.81. The van der Waals surface area contributed by atoms with E-state index in [1.807, 2.05) is 26.0 Å². The Labute approximate surface area is 124 Å². The molecule has 0 N–H and O–H groups in total. The van der Waals surface area contributed by atoms with Crippen molar-refractivity contribution in [2.45, 2.75) is 18.7 Å². The van der Waals surface area contributed by atoms with Crippen molar-refractivity contribution in [3.05, 3.63) is 53.3 Å². The Balaban J connectivity index is 2.56. The van der Waals surface area contributed by atoms with Crippen molar-refractivity contribution in [1.82, 2.24) is 4.98 Å². The van der Waals surface area contributed by atoms with Crippen LogP contribution in [-0.4, -0.2) is 20.4 Å². The molecule has 0 radical (unpaired) electrons. The number of anilines is 1. The quantitative estimate of drug-likeness (QED) is 0.872. The van der Waals surface area contributed by atoms with Crippen LogP contribution >= 0.6 is 0 Å². The normalized spacial score (nSPS) is 11.0. The zero-order valence-corrected chi connectivity index (χ0v) is 12.8. The van der Waals surface area contributed by atoms with Crippen molar-refractivity contribution in [2.24, 2.45) is 0 Å². The van der Waals surface area contributed by atoms with Crippen molar-refractivity contribution in [1.29, 1.82) is 5.26 Å². The number of aromatic nitrogens is 1. The summed E-state index contributed by atoms with van der Waals surface area (Å²) < 4.78 is 26.5. The molecule has 21 heavy (non-hydrogen) atoms. The Morgan fingerprint density at radius 2 is 1.81 bits per heavy atom. The minimum atomic E-state index is -3.82. The lowest BCUT2D eigenvalue weighted by molar-refractivity contribution is 0.593. The number of sulfonamides is 1. The molecule has 1 aromatic carbocycles. The highest BCUT2D eigenvalue weighted by Crippen LogP contribution is 2.25. The van der Waals surface area contributed by atoms with Crippen LogP contribution in [0.3, 0.4) is 0 Å². The molecule has 2 aromatic rings. The lowest BCUT2D eigenvalue weighted by atomic mass is 10.1. The van der Waals surface area contributed by atoms with Crippen LogP contribution in [0.25, 0.3) is 0 Å². The van der Waals surface area contributed by atoms with Crippen molar-refractivity contribution < 1.29 is 8.42 Å². The average molecular weight is 301 g/mol. The Morgan fingerprint density at radius 3 is 2.38 bits per heavy atom. The molecular formula is C15H15N3O2S. The molecular weight excluding hydrogens is 286 g/mol. The summed E-state index contributed by atoms with van der Waals surface area (Å²) in [5, 5.41) is 9.03. The number of nitriles is 1. The summed E-state index contributed by atoms with van der Waals surface area (Å²) in [4.78, 5) is 3.72. The van der Waals surface area contributed by atoms with Crippen LogP contribution in [0.1, 0.15) is 16.8 Å². The number of nitrogens with zero attached hydrogens (tertiary/aromatic N) is 3. The van der Waals surface area contributed by atoms with E-state index in [0.717, 1.165) is 11.1 Å². The maximum atomic E-state index is 12.7. The molecule has 0 aliphatic rings. The number of rotatable bonds is 3. The van der Waals surface area contributed by atoms with Crippen molar-refractivity contribution >= 4 is 15.7 Å². The first-order valence-corrected chi connectivity index (χ1v) is 7.72. The van der Waals surface area contributed by atoms with Crippen molar-refractivity contribution in [2.75, 3.05) is 11.4 Å². The van der Waals surface area contributed by atoms with Gasteiger partial charge in [0.25, 0.3) is 10.0 Å². The minimum absolute atomic E-state index is 0.0887. The number of hydrogen-bond acceptors (Lipinski definition) is 4. The molecule has 2 rings (SSSR count). The largest absolute Gasteiger partial charge is 0.269 e. The van der Waals surface area contributed by atoms with E-state index in [2.05, 4.69) is 4.98 Å². The Morgan fingerprint density at radius 1 is 1.19 bits per heavy atom. The topological polar surface area (TPSA) is 74.1 Å². The number of hydrogen-bond donors (Lipinski definition) is 0. The van der Waals surface area contributed by atoms with Crippen LogP contribution < -0.4 is 4.31 Å². The summed E-state index contributed by atoms with van der Waals surface area (Å²) in [5.74, 6) is 0. The summed E-state index contributed by atoms with van der Waals surface area (Å²) >= 11 is 0.